The Morgan fingerprint density at radius 3 is 2.85 bits per heavy atom. The molecule has 7 heteroatoms. The van der Waals surface area contributed by atoms with E-state index in [9.17, 15) is 14.9 Å². The molecule has 0 saturated carbocycles. The number of fused-ring (bicyclic) bond motifs is 3. The molecule has 0 bridgehead atoms. The third kappa shape index (κ3) is 4.97. The number of aryl methyl sites for hydroxylation is 1. The van der Waals surface area contributed by atoms with E-state index in [0.29, 0.717) is 31.6 Å². The highest BCUT2D eigenvalue weighted by Gasteiger charge is 2.28. The number of hydrogen-bond acceptors (Lipinski definition) is 5. The van der Waals surface area contributed by atoms with Gasteiger partial charge in [0.1, 0.15) is 5.75 Å². The van der Waals surface area contributed by atoms with E-state index in [1.54, 1.807) is 0 Å². The Kier molecular flexibility index (Phi) is 7.61. The van der Waals surface area contributed by atoms with E-state index in [2.05, 4.69) is 28.1 Å². The molecule has 1 aliphatic carbocycles. The van der Waals surface area contributed by atoms with Gasteiger partial charge in [-0.15, -0.1) is 0 Å². The Morgan fingerprint density at radius 2 is 2.12 bits per heavy atom. The summed E-state index contributed by atoms with van der Waals surface area (Å²) in [7, 11) is 0. The second-order valence-corrected chi connectivity index (χ2v) is 8.60. The second-order valence-electron chi connectivity index (χ2n) is 8.60. The molecule has 34 heavy (non-hydrogen) atoms. The predicted octanol–water partition coefficient (Wildman–Crippen LogP) is 3.95. The van der Waals surface area contributed by atoms with Crippen LogP contribution in [0.4, 0.5) is 0 Å². The molecular weight excluding hydrogens is 430 g/mol. The predicted molar refractivity (Wildman–Crippen MR) is 128 cm³/mol. The Balaban J connectivity index is 1.87. The van der Waals surface area contributed by atoms with E-state index in [4.69, 9.17) is 9.84 Å². The van der Waals surface area contributed by atoms with Crippen LogP contribution in [0.5, 0.6) is 5.75 Å². The van der Waals surface area contributed by atoms with Crippen LogP contribution in [0.2, 0.25) is 0 Å². The van der Waals surface area contributed by atoms with Gasteiger partial charge in [0.25, 0.3) is 0 Å². The van der Waals surface area contributed by atoms with Gasteiger partial charge in [-0.3, -0.25) is 9.59 Å². The number of amides is 1. The molecule has 1 aliphatic rings. The Morgan fingerprint density at radius 1 is 1.29 bits per heavy atom. The summed E-state index contributed by atoms with van der Waals surface area (Å²) < 4.78 is 8.01. The highest BCUT2D eigenvalue weighted by Crippen LogP contribution is 2.41. The van der Waals surface area contributed by atoms with Gasteiger partial charge in [0.2, 0.25) is 6.41 Å². The molecule has 1 heterocycles. The van der Waals surface area contributed by atoms with Gasteiger partial charge < -0.3 is 19.7 Å². The number of carbonyl (C=O) groups excluding carboxylic acids is 2. The van der Waals surface area contributed by atoms with Crippen molar-refractivity contribution in [3.63, 3.8) is 0 Å². The summed E-state index contributed by atoms with van der Waals surface area (Å²) in [5.74, 6) is 0.0348. The first kappa shape index (κ1) is 23.5. The van der Waals surface area contributed by atoms with E-state index in [1.807, 2.05) is 30.3 Å². The molecule has 0 spiro atoms. The molecule has 1 amide bonds. The van der Waals surface area contributed by atoms with Crippen LogP contribution in [-0.4, -0.2) is 28.7 Å². The van der Waals surface area contributed by atoms with Gasteiger partial charge in [-0.1, -0.05) is 30.3 Å². The molecule has 2 aromatic carbocycles. The Labute approximate surface area is 199 Å². The topological polar surface area (TPSA) is 104 Å². The molecule has 1 unspecified atom stereocenters. The van der Waals surface area contributed by atoms with Crippen molar-refractivity contribution < 1.29 is 19.4 Å². The number of rotatable bonds is 10. The zero-order valence-electron chi connectivity index (χ0n) is 19.1. The fraction of sp³-hybridized carbons (Fsp3) is 0.370. The van der Waals surface area contributed by atoms with Crippen LogP contribution < -0.4 is 10.1 Å². The van der Waals surface area contributed by atoms with Gasteiger partial charge in [-0.2, -0.15) is 5.26 Å². The van der Waals surface area contributed by atoms with Crippen molar-refractivity contribution in [3.05, 3.63) is 64.8 Å². The summed E-state index contributed by atoms with van der Waals surface area (Å²) in [5, 5.41) is 22.1. The van der Waals surface area contributed by atoms with Crippen LogP contribution in [0, 0.1) is 11.3 Å². The number of nitrogens with zero attached hydrogens (tertiary/aromatic N) is 2. The molecule has 7 nitrogen and oxygen atoms in total. The molecule has 2 N–H and O–H groups in total. The summed E-state index contributed by atoms with van der Waals surface area (Å²) in [6.45, 7) is 0.609. The minimum Gasteiger partial charge on any atom is -0.426 e. The van der Waals surface area contributed by atoms with Crippen LogP contribution in [0.15, 0.2) is 42.5 Å². The summed E-state index contributed by atoms with van der Waals surface area (Å²) in [6.07, 6.45) is 4.68. The van der Waals surface area contributed by atoms with Crippen molar-refractivity contribution in [2.45, 2.75) is 57.5 Å². The lowest BCUT2D eigenvalue weighted by molar-refractivity contribution is -0.134. The maximum absolute atomic E-state index is 12.4. The maximum atomic E-state index is 12.4. The number of aliphatic hydroxyl groups is 1. The number of nitrogens with one attached hydrogen (secondary N) is 1. The first-order valence-corrected chi connectivity index (χ1v) is 11.8. The fourth-order valence-electron chi connectivity index (χ4n) is 4.85. The zero-order chi connectivity index (χ0) is 23.9. The molecule has 1 atom stereocenters. The normalized spacial score (nSPS) is 14.9. The van der Waals surface area contributed by atoms with Crippen LogP contribution >= 0.6 is 0 Å². The number of carbonyl (C=O) groups is 2. The number of benzene rings is 2. The van der Waals surface area contributed by atoms with E-state index >= 15 is 0 Å². The van der Waals surface area contributed by atoms with Crippen molar-refractivity contribution >= 4 is 23.3 Å². The highest BCUT2D eigenvalue weighted by molar-refractivity contribution is 5.90. The highest BCUT2D eigenvalue weighted by atomic mass is 16.5. The first-order chi connectivity index (χ1) is 16.7. The standard InChI is InChI=1S/C27H29N3O4/c28-13-5-9-20-15-24-21(16-25(20)34-26(33)12-6-14-31)27-22(29-18-32)10-4-11-23(27)30(24)17-19-7-2-1-3-8-19/h1-3,7-8,15-16,18,22,31H,4-6,9-12,14,17H2,(H,29,32). The fourth-order valence-corrected chi connectivity index (χ4v) is 4.85. The summed E-state index contributed by atoms with van der Waals surface area (Å²) in [4.78, 5) is 23.7. The van der Waals surface area contributed by atoms with Gasteiger partial charge in [0.05, 0.1) is 12.1 Å². The van der Waals surface area contributed by atoms with E-state index < -0.39 is 5.97 Å². The number of ether oxygens (including phenoxy) is 1. The summed E-state index contributed by atoms with van der Waals surface area (Å²) >= 11 is 0. The van der Waals surface area contributed by atoms with Crippen molar-refractivity contribution in [1.29, 1.82) is 5.26 Å². The van der Waals surface area contributed by atoms with Gasteiger partial charge in [0, 0.05) is 48.2 Å². The number of aliphatic hydroxyl groups excluding tert-OH is 1. The van der Waals surface area contributed by atoms with Gasteiger partial charge >= 0.3 is 5.97 Å². The van der Waals surface area contributed by atoms with Gasteiger partial charge in [-0.05, 0) is 55.4 Å². The third-order valence-electron chi connectivity index (χ3n) is 6.37. The molecule has 176 valence electrons. The average Bonchev–Trinajstić information content (AvgIpc) is 3.15. The van der Waals surface area contributed by atoms with Crippen LogP contribution in [0.3, 0.4) is 0 Å². The number of hydrogen-bond donors (Lipinski definition) is 2. The average molecular weight is 460 g/mol. The SMILES string of the molecule is N#CCCc1cc2c(cc1OC(=O)CCCO)c1c(n2Cc2ccccc2)CCCC1NC=O. The quantitative estimate of drug-likeness (QED) is 0.271. The molecule has 1 aromatic heterocycles. The number of nitriles is 1. The summed E-state index contributed by atoms with van der Waals surface area (Å²) in [5.41, 5.74) is 5.24. The van der Waals surface area contributed by atoms with Crippen molar-refractivity contribution in [3.8, 4) is 11.8 Å². The minimum atomic E-state index is -0.410. The van der Waals surface area contributed by atoms with Crippen LogP contribution in [-0.2, 0) is 29.0 Å². The molecule has 0 aliphatic heterocycles. The van der Waals surface area contributed by atoms with Crippen molar-refractivity contribution in [1.82, 2.24) is 9.88 Å². The minimum absolute atomic E-state index is 0.0791. The molecule has 4 rings (SSSR count). The first-order valence-electron chi connectivity index (χ1n) is 11.8. The molecule has 0 saturated heterocycles. The van der Waals surface area contributed by atoms with Crippen LogP contribution in [0.1, 0.15) is 60.5 Å². The maximum Gasteiger partial charge on any atom is 0.311 e. The lowest BCUT2D eigenvalue weighted by Crippen LogP contribution is -2.24. The monoisotopic (exact) mass is 459 g/mol. The second kappa shape index (κ2) is 11.0. The van der Waals surface area contributed by atoms with E-state index in [0.717, 1.165) is 47.7 Å². The molecule has 0 fully saturated rings. The third-order valence-corrected chi connectivity index (χ3v) is 6.37. The van der Waals surface area contributed by atoms with Crippen LogP contribution in [0.25, 0.3) is 10.9 Å². The van der Waals surface area contributed by atoms with Gasteiger partial charge in [0.15, 0.2) is 0 Å². The van der Waals surface area contributed by atoms with Gasteiger partial charge in [-0.25, -0.2) is 0 Å². The zero-order valence-corrected chi connectivity index (χ0v) is 19.1. The van der Waals surface area contributed by atoms with Crippen molar-refractivity contribution in [2.24, 2.45) is 0 Å². The molecule has 0 radical (unpaired) electrons. The van der Waals surface area contributed by atoms with E-state index in [-0.39, 0.29) is 19.1 Å². The largest absolute Gasteiger partial charge is 0.426 e. The Hall–Kier alpha value is -3.63. The molecule has 3 aromatic rings. The lowest BCUT2D eigenvalue weighted by atomic mass is 9.90. The van der Waals surface area contributed by atoms with Crippen molar-refractivity contribution in [2.75, 3.05) is 6.61 Å². The number of aromatic nitrogens is 1. The lowest BCUT2D eigenvalue weighted by Gasteiger charge is -2.24. The summed E-state index contributed by atoms with van der Waals surface area (Å²) in [6, 6.07) is 16.2. The smallest absolute Gasteiger partial charge is 0.311 e. The Bertz CT molecular complexity index is 1210. The number of esters is 1. The van der Waals surface area contributed by atoms with E-state index in [1.165, 1.54) is 11.3 Å². The molecular formula is C27H29N3O4.